The quantitative estimate of drug-likeness (QED) is 0.772. The van der Waals surface area contributed by atoms with Crippen LogP contribution in [0.5, 0.6) is 0 Å². The molecule has 0 radical (unpaired) electrons. The molecule has 0 aliphatic rings. The van der Waals surface area contributed by atoms with Crippen molar-refractivity contribution in [3.63, 3.8) is 0 Å². The molecule has 0 aliphatic heterocycles. The molecule has 1 heterocycles. The first-order valence-electron chi connectivity index (χ1n) is 4.79. The third-order valence-corrected chi connectivity index (χ3v) is 2.18. The van der Waals surface area contributed by atoms with Gasteiger partial charge in [-0.25, -0.2) is 0 Å². The van der Waals surface area contributed by atoms with Crippen LogP contribution in [0.3, 0.4) is 0 Å². The third kappa shape index (κ3) is 2.56. The van der Waals surface area contributed by atoms with E-state index >= 15 is 0 Å². The van der Waals surface area contributed by atoms with Gasteiger partial charge in [0.25, 0.3) is 0 Å². The van der Waals surface area contributed by atoms with Crippen LogP contribution in [-0.4, -0.2) is 15.8 Å². The fourth-order valence-electron chi connectivity index (χ4n) is 1.73. The second kappa shape index (κ2) is 3.92. The molecule has 0 bridgehead atoms. The van der Waals surface area contributed by atoms with Crippen molar-refractivity contribution in [2.24, 2.45) is 5.73 Å². The number of aryl methyl sites for hydroxylation is 2. The van der Waals surface area contributed by atoms with Crippen LogP contribution in [0.15, 0.2) is 6.07 Å². The van der Waals surface area contributed by atoms with Gasteiger partial charge < -0.3 is 5.73 Å². The average Bonchev–Trinajstić information content (AvgIpc) is 2.28. The lowest BCUT2D eigenvalue weighted by Gasteiger charge is -2.16. The first kappa shape index (κ1) is 10.3. The van der Waals surface area contributed by atoms with Crippen molar-refractivity contribution in [1.82, 2.24) is 9.78 Å². The molecule has 0 fully saturated rings. The van der Waals surface area contributed by atoms with E-state index in [4.69, 9.17) is 5.73 Å². The van der Waals surface area contributed by atoms with E-state index in [0.29, 0.717) is 6.04 Å². The summed E-state index contributed by atoms with van der Waals surface area (Å²) in [5, 5.41) is 4.42. The lowest BCUT2D eigenvalue weighted by molar-refractivity contribution is 0.419. The molecule has 1 aromatic heterocycles. The molecule has 74 valence electrons. The van der Waals surface area contributed by atoms with E-state index in [-0.39, 0.29) is 6.04 Å². The van der Waals surface area contributed by atoms with E-state index in [1.807, 2.05) is 13.8 Å². The molecule has 0 saturated carbocycles. The summed E-state index contributed by atoms with van der Waals surface area (Å²) in [6.07, 6.45) is 0.974. The van der Waals surface area contributed by atoms with E-state index in [1.54, 1.807) is 0 Å². The van der Waals surface area contributed by atoms with E-state index in [0.717, 1.165) is 12.1 Å². The molecule has 0 aromatic carbocycles. The SMILES string of the molecule is Cc1cc(C)n(C(C)CC(C)N)n1. The number of nitrogens with zero attached hydrogens (tertiary/aromatic N) is 2. The van der Waals surface area contributed by atoms with E-state index in [1.165, 1.54) is 5.69 Å². The molecule has 0 amide bonds. The Kier molecular flexibility index (Phi) is 3.09. The lowest BCUT2D eigenvalue weighted by atomic mass is 10.1. The highest BCUT2D eigenvalue weighted by atomic mass is 15.3. The van der Waals surface area contributed by atoms with Gasteiger partial charge in [0.15, 0.2) is 0 Å². The molecule has 1 aromatic rings. The standard InChI is InChI=1S/C10H19N3/c1-7(11)5-9(3)13-10(4)6-8(2)12-13/h6-7,9H,5,11H2,1-4H3. The maximum Gasteiger partial charge on any atom is 0.0596 e. The Morgan fingerprint density at radius 1 is 1.46 bits per heavy atom. The van der Waals surface area contributed by atoms with Crippen molar-refractivity contribution >= 4 is 0 Å². The Morgan fingerprint density at radius 2 is 2.08 bits per heavy atom. The van der Waals surface area contributed by atoms with E-state index in [9.17, 15) is 0 Å². The van der Waals surface area contributed by atoms with Crippen LogP contribution in [-0.2, 0) is 0 Å². The van der Waals surface area contributed by atoms with Gasteiger partial charge in [-0.2, -0.15) is 5.10 Å². The predicted molar refractivity (Wildman–Crippen MR) is 54.7 cm³/mol. The largest absolute Gasteiger partial charge is 0.328 e. The monoisotopic (exact) mass is 181 g/mol. The summed E-state index contributed by atoms with van der Waals surface area (Å²) < 4.78 is 2.05. The highest BCUT2D eigenvalue weighted by molar-refractivity contribution is 5.07. The Morgan fingerprint density at radius 3 is 2.46 bits per heavy atom. The molecule has 3 heteroatoms. The first-order chi connectivity index (χ1) is 6.00. The lowest BCUT2D eigenvalue weighted by Crippen LogP contribution is -2.21. The predicted octanol–water partition coefficient (Wildman–Crippen LogP) is 1.80. The molecule has 0 saturated heterocycles. The van der Waals surface area contributed by atoms with Crippen LogP contribution in [0.2, 0.25) is 0 Å². The second-order valence-corrected chi connectivity index (χ2v) is 3.93. The maximum absolute atomic E-state index is 5.75. The number of rotatable bonds is 3. The molecular weight excluding hydrogens is 162 g/mol. The zero-order valence-corrected chi connectivity index (χ0v) is 8.91. The Bertz CT molecular complexity index is 276. The molecule has 0 aliphatic carbocycles. The van der Waals surface area contributed by atoms with Crippen LogP contribution in [0.4, 0.5) is 0 Å². The van der Waals surface area contributed by atoms with Gasteiger partial charge in [0.2, 0.25) is 0 Å². The minimum absolute atomic E-state index is 0.235. The van der Waals surface area contributed by atoms with Gasteiger partial charge in [-0.15, -0.1) is 0 Å². The zero-order chi connectivity index (χ0) is 10.0. The Hall–Kier alpha value is -0.830. The van der Waals surface area contributed by atoms with Crippen molar-refractivity contribution in [3.05, 3.63) is 17.5 Å². The fourth-order valence-corrected chi connectivity index (χ4v) is 1.73. The first-order valence-corrected chi connectivity index (χ1v) is 4.79. The number of hydrogen-bond donors (Lipinski definition) is 1. The van der Waals surface area contributed by atoms with E-state index < -0.39 is 0 Å². The number of aromatic nitrogens is 2. The second-order valence-electron chi connectivity index (χ2n) is 3.93. The van der Waals surface area contributed by atoms with Gasteiger partial charge in [0.05, 0.1) is 11.7 Å². The molecule has 1 rings (SSSR count). The summed E-state index contributed by atoms with van der Waals surface area (Å²) in [7, 11) is 0. The third-order valence-electron chi connectivity index (χ3n) is 2.18. The van der Waals surface area contributed by atoms with Crippen molar-refractivity contribution < 1.29 is 0 Å². The molecule has 0 spiro atoms. The molecular formula is C10H19N3. The molecule has 3 nitrogen and oxygen atoms in total. The molecule has 13 heavy (non-hydrogen) atoms. The number of hydrogen-bond acceptors (Lipinski definition) is 2. The summed E-state index contributed by atoms with van der Waals surface area (Å²) in [4.78, 5) is 0. The Balaban J connectivity index is 2.76. The summed E-state index contributed by atoms with van der Waals surface area (Å²) in [6, 6.07) is 2.73. The normalized spacial score (nSPS) is 15.8. The minimum Gasteiger partial charge on any atom is -0.328 e. The van der Waals surface area contributed by atoms with Gasteiger partial charge in [-0.3, -0.25) is 4.68 Å². The topological polar surface area (TPSA) is 43.8 Å². The molecule has 2 unspecified atom stereocenters. The van der Waals surface area contributed by atoms with Crippen LogP contribution >= 0.6 is 0 Å². The van der Waals surface area contributed by atoms with Crippen molar-refractivity contribution in [1.29, 1.82) is 0 Å². The molecule has 2 atom stereocenters. The van der Waals surface area contributed by atoms with Gasteiger partial charge in [-0.1, -0.05) is 0 Å². The molecule has 2 N–H and O–H groups in total. The smallest absolute Gasteiger partial charge is 0.0596 e. The summed E-state index contributed by atoms with van der Waals surface area (Å²) >= 11 is 0. The highest BCUT2D eigenvalue weighted by Crippen LogP contribution is 2.14. The van der Waals surface area contributed by atoms with Crippen molar-refractivity contribution in [2.45, 2.75) is 46.2 Å². The highest BCUT2D eigenvalue weighted by Gasteiger charge is 2.10. The van der Waals surface area contributed by atoms with Gasteiger partial charge in [0, 0.05) is 11.7 Å². The average molecular weight is 181 g/mol. The van der Waals surface area contributed by atoms with Crippen LogP contribution in [0.1, 0.15) is 37.7 Å². The van der Waals surface area contributed by atoms with Gasteiger partial charge in [0.1, 0.15) is 0 Å². The summed E-state index contributed by atoms with van der Waals surface area (Å²) in [6.45, 7) is 8.28. The fraction of sp³-hybridized carbons (Fsp3) is 0.700. The van der Waals surface area contributed by atoms with Crippen molar-refractivity contribution in [3.8, 4) is 0 Å². The minimum atomic E-state index is 0.235. The Labute approximate surface area is 79.9 Å². The van der Waals surface area contributed by atoms with Crippen LogP contribution < -0.4 is 5.73 Å². The van der Waals surface area contributed by atoms with E-state index in [2.05, 4.69) is 29.7 Å². The van der Waals surface area contributed by atoms with Crippen LogP contribution in [0.25, 0.3) is 0 Å². The van der Waals surface area contributed by atoms with Gasteiger partial charge in [-0.05, 0) is 40.2 Å². The zero-order valence-electron chi connectivity index (χ0n) is 8.91. The number of nitrogens with two attached hydrogens (primary N) is 1. The summed E-state index contributed by atoms with van der Waals surface area (Å²) in [5.41, 5.74) is 8.04. The summed E-state index contributed by atoms with van der Waals surface area (Å²) in [5.74, 6) is 0. The maximum atomic E-state index is 5.75. The van der Waals surface area contributed by atoms with Crippen molar-refractivity contribution in [2.75, 3.05) is 0 Å². The van der Waals surface area contributed by atoms with Gasteiger partial charge >= 0.3 is 0 Å². The van der Waals surface area contributed by atoms with Crippen LogP contribution in [0, 0.1) is 13.8 Å².